The van der Waals surface area contributed by atoms with Gasteiger partial charge in [-0.25, -0.2) is 0 Å². The van der Waals surface area contributed by atoms with Crippen molar-refractivity contribution in [3.8, 4) is 0 Å². The average Bonchev–Trinajstić information content (AvgIpc) is 2.06. The van der Waals surface area contributed by atoms with E-state index in [1.165, 1.54) is 18.4 Å². The Morgan fingerprint density at radius 1 is 1.64 bits per heavy atom. The summed E-state index contributed by atoms with van der Waals surface area (Å²) in [5.41, 5.74) is 2.95. The largest absolute Gasteiger partial charge is 0.312 e. The van der Waals surface area contributed by atoms with E-state index in [0.29, 0.717) is 0 Å². The molecule has 0 aromatic rings. The van der Waals surface area contributed by atoms with Gasteiger partial charge in [0.15, 0.2) is 0 Å². The molecule has 1 N–H and O–H groups in total. The highest BCUT2D eigenvalue weighted by Gasteiger charge is 2.07. The molecule has 1 heterocycles. The normalized spacial score (nSPS) is 19.8. The summed E-state index contributed by atoms with van der Waals surface area (Å²) in [5.74, 6) is 0. The number of hydrogen-bond acceptors (Lipinski definition) is 2. The summed E-state index contributed by atoms with van der Waals surface area (Å²) in [6, 6.07) is 0. The quantitative estimate of drug-likeness (QED) is 0.594. The summed E-state index contributed by atoms with van der Waals surface area (Å²) in [7, 11) is 1.83. The smallest absolute Gasteiger partial charge is 0.0277 e. The van der Waals surface area contributed by atoms with Gasteiger partial charge < -0.3 is 5.32 Å². The van der Waals surface area contributed by atoms with Crippen LogP contribution in [0.4, 0.5) is 0 Å². The van der Waals surface area contributed by atoms with Crippen molar-refractivity contribution in [1.82, 2.24) is 5.32 Å². The molecule has 2 nitrogen and oxygen atoms in total. The standard InChI is InChI=1S/C9H16N2/c1-3-8-4-5-11-7-9(8)6-10-2/h6,11H,3-5,7H2,1-2H3. The maximum atomic E-state index is 4.03. The van der Waals surface area contributed by atoms with E-state index < -0.39 is 0 Å². The van der Waals surface area contributed by atoms with Gasteiger partial charge in [-0.15, -0.1) is 0 Å². The second-order valence-corrected chi connectivity index (χ2v) is 2.80. The van der Waals surface area contributed by atoms with E-state index in [1.54, 1.807) is 5.57 Å². The van der Waals surface area contributed by atoms with Crippen LogP contribution in [0.2, 0.25) is 0 Å². The second-order valence-electron chi connectivity index (χ2n) is 2.80. The number of rotatable bonds is 2. The average molecular weight is 152 g/mol. The van der Waals surface area contributed by atoms with Crippen LogP contribution in [0.5, 0.6) is 0 Å². The molecule has 0 bridgehead atoms. The van der Waals surface area contributed by atoms with Crippen LogP contribution in [-0.4, -0.2) is 26.4 Å². The van der Waals surface area contributed by atoms with E-state index in [2.05, 4.69) is 17.2 Å². The Morgan fingerprint density at radius 3 is 3.09 bits per heavy atom. The van der Waals surface area contributed by atoms with Gasteiger partial charge in [-0.05, 0) is 25.0 Å². The Balaban J connectivity index is 2.72. The zero-order valence-corrected chi connectivity index (χ0v) is 7.35. The lowest BCUT2D eigenvalue weighted by Gasteiger charge is -2.17. The number of nitrogens with one attached hydrogen (secondary N) is 1. The summed E-state index contributed by atoms with van der Waals surface area (Å²) < 4.78 is 0. The topological polar surface area (TPSA) is 24.4 Å². The molecule has 0 fully saturated rings. The van der Waals surface area contributed by atoms with Crippen molar-refractivity contribution in [3.05, 3.63) is 11.1 Å². The fourth-order valence-electron chi connectivity index (χ4n) is 1.44. The van der Waals surface area contributed by atoms with E-state index in [4.69, 9.17) is 0 Å². The molecule has 11 heavy (non-hydrogen) atoms. The lowest BCUT2D eigenvalue weighted by atomic mass is 10.0. The van der Waals surface area contributed by atoms with Crippen molar-refractivity contribution in [1.29, 1.82) is 0 Å². The molecule has 0 amide bonds. The molecule has 62 valence electrons. The molecule has 1 rings (SSSR count). The molecule has 0 aromatic carbocycles. The molecular weight excluding hydrogens is 136 g/mol. The maximum Gasteiger partial charge on any atom is 0.0277 e. The fourth-order valence-corrected chi connectivity index (χ4v) is 1.44. The summed E-state index contributed by atoms with van der Waals surface area (Å²) in [6.45, 7) is 4.34. The lowest BCUT2D eigenvalue weighted by molar-refractivity contribution is 0.677. The van der Waals surface area contributed by atoms with Crippen molar-refractivity contribution in [2.75, 3.05) is 20.1 Å². The van der Waals surface area contributed by atoms with Crippen LogP contribution >= 0.6 is 0 Å². The van der Waals surface area contributed by atoms with E-state index in [1.807, 2.05) is 13.3 Å². The highest BCUT2D eigenvalue weighted by atomic mass is 14.9. The van der Waals surface area contributed by atoms with Gasteiger partial charge >= 0.3 is 0 Å². The van der Waals surface area contributed by atoms with E-state index in [9.17, 15) is 0 Å². The van der Waals surface area contributed by atoms with Gasteiger partial charge in [-0.1, -0.05) is 12.5 Å². The third kappa shape index (κ3) is 2.15. The first kappa shape index (κ1) is 8.47. The van der Waals surface area contributed by atoms with Gasteiger partial charge in [0.2, 0.25) is 0 Å². The van der Waals surface area contributed by atoms with Crippen LogP contribution < -0.4 is 5.32 Å². The predicted octanol–water partition coefficient (Wildman–Crippen LogP) is 1.39. The van der Waals surface area contributed by atoms with Crippen LogP contribution in [0.25, 0.3) is 0 Å². The minimum absolute atomic E-state index is 1.00. The van der Waals surface area contributed by atoms with Crippen molar-refractivity contribution < 1.29 is 0 Å². The van der Waals surface area contributed by atoms with Crippen LogP contribution in [-0.2, 0) is 0 Å². The Kier molecular flexibility index (Phi) is 3.30. The number of aliphatic imine (C=N–C) groups is 1. The molecule has 2 heteroatoms. The summed E-state index contributed by atoms with van der Waals surface area (Å²) >= 11 is 0. The van der Waals surface area contributed by atoms with Crippen molar-refractivity contribution in [2.24, 2.45) is 4.99 Å². The summed E-state index contributed by atoms with van der Waals surface area (Å²) in [6.07, 6.45) is 4.34. The first-order valence-electron chi connectivity index (χ1n) is 4.22. The molecule has 0 radical (unpaired) electrons. The monoisotopic (exact) mass is 152 g/mol. The third-order valence-electron chi connectivity index (χ3n) is 2.08. The molecule has 1 aliphatic rings. The zero-order valence-electron chi connectivity index (χ0n) is 7.35. The Morgan fingerprint density at radius 2 is 2.45 bits per heavy atom. The number of hydrogen-bond donors (Lipinski definition) is 1. The predicted molar refractivity (Wildman–Crippen MR) is 49.2 cm³/mol. The minimum Gasteiger partial charge on any atom is -0.312 e. The fraction of sp³-hybridized carbons (Fsp3) is 0.667. The van der Waals surface area contributed by atoms with E-state index in [-0.39, 0.29) is 0 Å². The molecular formula is C9H16N2. The molecule has 0 spiro atoms. The summed E-state index contributed by atoms with van der Waals surface area (Å²) in [4.78, 5) is 4.03. The molecule has 1 aliphatic heterocycles. The Bertz CT molecular complexity index is 180. The van der Waals surface area contributed by atoms with Gasteiger partial charge in [0, 0.05) is 19.8 Å². The third-order valence-corrected chi connectivity index (χ3v) is 2.08. The van der Waals surface area contributed by atoms with Crippen LogP contribution in [0, 0.1) is 0 Å². The SMILES string of the molecule is CCC1=C(C=NC)CNCC1. The Labute approximate surface area is 68.4 Å². The molecule has 0 saturated heterocycles. The van der Waals surface area contributed by atoms with Gasteiger partial charge in [-0.3, -0.25) is 4.99 Å². The van der Waals surface area contributed by atoms with Gasteiger partial charge in [-0.2, -0.15) is 0 Å². The minimum atomic E-state index is 1.00. The Hall–Kier alpha value is -0.630. The van der Waals surface area contributed by atoms with Gasteiger partial charge in [0.05, 0.1) is 0 Å². The van der Waals surface area contributed by atoms with Gasteiger partial charge in [0.25, 0.3) is 0 Å². The van der Waals surface area contributed by atoms with Crippen LogP contribution in [0.15, 0.2) is 16.1 Å². The van der Waals surface area contributed by atoms with Crippen molar-refractivity contribution >= 4 is 6.21 Å². The van der Waals surface area contributed by atoms with E-state index >= 15 is 0 Å². The molecule has 0 aliphatic carbocycles. The maximum absolute atomic E-state index is 4.03. The van der Waals surface area contributed by atoms with Crippen LogP contribution in [0.1, 0.15) is 19.8 Å². The summed E-state index contributed by atoms with van der Waals surface area (Å²) in [5, 5.41) is 3.33. The van der Waals surface area contributed by atoms with E-state index in [0.717, 1.165) is 13.1 Å². The molecule has 0 atom stereocenters. The van der Waals surface area contributed by atoms with Crippen molar-refractivity contribution in [2.45, 2.75) is 19.8 Å². The lowest BCUT2D eigenvalue weighted by Crippen LogP contribution is -2.25. The first-order chi connectivity index (χ1) is 5.38. The molecule has 0 aromatic heterocycles. The zero-order chi connectivity index (χ0) is 8.10. The number of nitrogens with zero attached hydrogens (tertiary/aromatic N) is 1. The van der Waals surface area contributed by atoms with Crippen LogP contribution in [0.3, 0.4) is 0 Å². The highest BCUT2D eigenvalue weighted by Crippen LogP contribution is 2.13. The first-order valence-corrected chi connectivity index (χ1v) is 4.22. The van der Waals surface area contributed by atoms with Crippen molar-refractivity contribution in [3.63, 3.8) is 0 Å². The molecule has 0 unspecified atom stereocenters. The van der Waals surface area contributed by atoms with Gasteiger partial charge in [0.1, 0.15) is 0 Å². The second kappa shape index (κ2) is 4.29. The molecule has 0 saturated carbocycles. The highest BCUT2D eigenvalue weighted by molar-refractivity contribution is 5.80.